The SMILES string of the molecule is Cn1cccc1C(=O)NC(CO)c1ccc(Cl)c(F)c1. The molecule has 0 aliphatic heterocycles. The summed E-state index contributed by atoms with van der Waals surface area (Å²) in [5, 5.41) is 12.0. The second-order valence-electron chi connectivity index (χ2n) is 4.39. The third-order valence-corrected chi connectivity index (χ3v) is 3.32. The number of halogens is 2. The zero-order valence-corrected chi connectivity index (χ0v) is 11.6. The first-order valence-corrected chi connectivity index (χ1v) is 6.38. The van der Waals surface area contributed by atoms with Crippen molar-refractivity contribution in [1.82, 2.24) is 9.88 Å². The van der Waals surface area contributed by atoms with Crippen LogP contribution in [0.2, 0.25) is 5.02 Å². The molecular formula is C14H14ClFN2O2. The maximum atomic E-state index is 13.4. The third-order valence-electron chi connectivity index (χ3n) is 3.01. The van der Waals surface area contributed by atoms with Crippen molar-refractivity contribution in [2.24, 2.45) is 7.05 Å². The Morgan fingerprint density at radius 1 is 1.50 bits per heavy atom. The van der Waals surface area contributed by atoms with Crippen molar-refractivity contribution in [3.8, 4) is 0 Å². The van der Waals surface area contributed by atoms with Gasteiger partial charge in [0, 0.05) is 13.2 Å². The molecule has 0 radical (unpaired) electrons. The fourth-order valence-corrected chi connectivity index (χ4v) is 2.01. The van der Waals surface area contributed by atoms with Crippen molar-refractivity contribution in [3.63, 3.8) is 0 Å². The molecule has 1 aromatic heterocycles. The van der Waals surface area contributed by atoms with Crippen molar-refractivity contribution in [2.75, 3.05) is 6.61 Å². The van der Waals surface area contributed by atoms with Crippen molar-refractivity contribution in [3.05, 3.63) is 58.6 Å². The fourth-order valence-electron chi connectivity index (χ4n) is 1.89. The van der Waals surface area contributed by atoms with E-state index in [0.29, 0.717) is 11.3 Å². The van der Waals surface area contributed by atoms with E-state index in [-0.39, 0.29) is 17.5 Å². The Balaban J connectivity index is 2.19. The van der Waals surface area contributed by atoms with Crippen LogP contribution in [-0.4, -0.2) is 22.2 Å². The number of hydrogen-bond acceptors (Lipinski definition) is 2. The molecule has 2 rings (SSSR count). The van der Waals surface area contributed by atoms with Gasteiger partial charge in [-0.1, -0.05) is 17.7 Å². The monoisotopic (exact) mass is 296 g/mol. The van der Waals surface area contributed by atoms with Crippen molar-refractivity contribution >= 4 is 17.5 Å². The maximum Gasteiger partial charge on any atom is 0.268 e. The highest BCUT2D eigenvalue weighted by Gasteiger charge is 2.17. The lowest BCUT2D eigenvalue weighted by Crippen LogP contribution is -2.32. The third kappa shape index (κ3) is 3.00. The minimum Gasteiger partial charge on any atom is -0.394 e. The lowest BCUT2D eigenvalue weighted by atomic mass is 10.1. The van der Waals surface area contributed by atoms with Crippen molar-refractivity contribution in [1.29, 1.82) is 0 Å². The molecule has 0 saturated carbocycles. The summed E-state index contributed by atoms with van der Waals surface area (Å²) in [6.45, 7) is -0.336. The molecule has 0 spiro atoms. The summed E-state index contributed by atoms with van der Waals surface area (Å²) in [6, 6.07) is 6.87. The van der Waals surface area contributed by atoms with Gasteiger partial charge in [-0.05, 0) is 29.8 Å². The van der Waals surface area contributed by atoms with Gasteiger partial charge < -0.3 is 15.0 Å². The lowest BCUT2D eigenvalue weighted by molar-refractivity contribution is 0.0908. The topological polar surface area (TPSA) is 54.3 Å². The Hall–Kier alpha value is -1.85. The van der Waals surface area contributed by atoms with Gasteiger partial charge in [-0.25, -0.2) is 4.39 Å². The first kappa shape index (κ1) is 14.6. The highest BCUT2D eigenvalue weighted by Crippen LogP contribution is 2.20. The molecule has 0 aliphatic rings. The lowest BCUT2D eigenvalue weighted by Gasteiger charge is -2.17. The van der Waals surface area contributed by atoms with E-state index in [0.717, 1.165) is 0 Å². The normalized spacial score (nSPS) is 12.2. The first-order valence-electron chi connectivity index (χ1n) is 6.01. The van der Waals surface area contributed by atoms with Crippen LogP contribution in [0.4, 0.5) is 4.39 Å². The van der Waals surface area contributed by atoms with E-state index in [2.05, 4.69) is 5.32 Å². The number of aryl methyl sites for hydroxylation is 1. The van der Waals surface area contributed by atoms with Crippen molar-refractivity contribution < 1.29 is 14.3 Å². The first-order chi connectivity index (χ1) is 9.52. The van der Waals surface area contributed by atoms with Crippen LogP contribution in [0.15, 0.2) is 36.5 Å². The van der Waals surface area contributed by atoms with E-state index < -0.39 is 11.9 Å². The number of aromatic nitrogens is 1. The van der Waals surface area contributed by atoms with Gasteiger partial charge in [0.25, 0.3) is 5.91 Å². The average molecular weight is 297 g/mol. The molecule has 2 N–H and O–H groups in total. The molecule has 1 aromatic carbocycles. The summed E-state index contributed by atoms with van der Waals surface area (Å²) >= 11 is 5.61. The van der Waals surface area contributed by atoms with Crippen molar-refractivity contribution in [2.45, 2.75) is 6.04 Å². The number of rotatable bonds is 4. The number of nitrogens with one attached hydrogen (secondary N) is 1. The van der Waals surface area contributed by atoms with Crippen LogP contribution in [0.3, 0.4) is 0 Å². The van der Waals surface area contributed by atoms with Gasteiger partial charge in [-0.2, -0.15) is 0 Å². The molecule has 4 nitrogen and oxygen atoms in total. The van der Waals surface area contributed by atoms with Gasteiger partial charge in [-0.3, -0.25) is 4.79 Å². The molecule has 0 fully saturated rings. The zero-order chi connectivity index (χ0) is 14.7. The summed E-state index contributed by atoms with van der Waals surface area (Å²) in [5.41, 5.74) is 0.912. The molecule has 2 aromatic rings. The Morgan fingerprint density at radius 2 is 2.25 bits per heavy atom. The zero-order valence-electron chi connectivity index (χ0n) is 10.8. The van der Waals surface area contributed by atoms with Gasteiger partial charge in [-0.15, -0.1) is 0 Å². The molecule has 0 aliphatic carbocycles. The Kier molecular flexibility index (Phi) is 4.42. The summed E-state index contributed by atoms with van der Waals surface area (Å²) in [4.78, 5) is 12.1. The number of benzene rings is 1. The summed E-state index contributed by atoms with van der Waals surface area (Å²) in [5.74, 6) is -0.928. The van der Waals surface area contributed by atoms with Crippen LogP contribution in [-0.2, 0) is 7.05 Å². The van der Waals surface area contributed by atoms with Gasteiger partial charge in [0.15, 0.2) is 0 Å². The maximum absolute atomic E-state index is 13.4. The van der Waals surface area contributed by atoms with Crippen LogP contribution in [0.5, 0.6) is 0 Å². The molecule has 0 saturated heterocycles. The number of nitrogens with zero attached hydrogens (tertiary/aromatic N) is 1. The Morgan fingerprint density at radius 3 is 2.80 bits per heavy atom. The molecule has 6 heteroatoms. The number of aliphatic hydroxyl groups excluding tert-OH is 1. The van der Waals surface area contributed by atoms with Crippen LogP contribution in [0.1, 0.15) is 22.1 Å². The second kappa shape index (κ2) is 6.07. The van der Waals surface area contributed by atoms with Crippen LogP contribution < -0.4 is 5.32 Å². The highest BCUT2D eigenvalue weighted by atomic mass is 35.5. The van der Waals surface area contributed by atoms with E-state index >= 15 is 0 Å². The minimum absolute atomic E-state index is 0.000740. The number of carbonyl (C=O) groups is 1. The predicted octanol–water partition coefficient (Wildman–Crippen LogP) is 2.28. The molecule has 1 atom stereocenters. The molecule has 106 valence electrons. The van der Waals surface area contributed by atoms with Crippen LogP contribution >= 0.6 is 11.6 Å². The molecule has 0 bridgehead atoms. The quantitative estimate of drug-likeness (QED) is 0.909. The summed E-state index contributed by atoms with van der Waals surface area (Å²) < 4.78 is 15.1. The van der Waals surface area contributed by atoms with E-state index in [4.69, 9.17) is 11.6 Å². The van der Waals surface area contributed by atoms with Gasteiger partial charge in [0.1, 0.15) is 11.5 Å². The standard InChI is InChI=1S/C14H14ClFN2O2/c1-18-6-2-3-13(18)14(20)17-12(8-19)9-4-5-10(15)11(16)7-9/h2-7,12,19H,8H2,1H3,(H,17,20). The molecular weight excluding hydrogens is 283 g/mol. The smallest absolute Gasteiger partial charge is 0.268 e. The van der Waals surface area contributed by atoms with Gasteiger partial charge in [0.2, 0.25) is 0 Å². The molecule has 1 unspecified atom stereocenters. The Labute approximate surface area is 120 Å². The van der Waals surface area contributed by atoms with E-state index in [1.807, 2.05) is 0 Å². The Bertz CT molecular complexity index is 627. The van der Waals surface area contributed by atoms with Gasteiger partial charge >= 0.3 is 0 Å². The van der Waals surface area contributed by atoms with Gasteiger partial charge in [0.05, 0.1) is 17.7 Å². The largest absolute Gasteiger partial charge is 0.394 e. The molecule has 1 heterocycles. The molecule has 1 amide bonds. The summed E-state index contributed by atoms with van der Waals surface area (Å²) in [7, 11) is 1.74. The minimum atomic E-state index is -0.691. The van der Waals surface area contributed by atoms with E-state index in [1.54, 1.807) is 36.0 Å². The number of amides is 1. The highest BCUT2D eigenvalue weighted by molar-refractivity contribution is 6.30. The average Bonchev–Trinajstić information content (AvgIpc) is 2.85. The second-order valence-corrected chi connectivity index (χ2v) is 4.79. The van der Waals surface area contributed by atoms with E-state index in [9.17, 15) is 14.3 Å². The van der Waals surface area contributed by atoms with Crippen LogP contribution in [0.25, 0.3) is 0 Å². The fraction of sp³-hybridized carbons (Fsp3) is 0.214. The summed E-state index contributed by atoms with van der Waals surface area (Å²) in [6.07, 6.45) is 1.74. The predicted molar refractivity (Wildman–Crippen MR) is 74.1 cm³/mol. The number of carbonyl (C=O) groups excluding carboxylic acids is 1. The van der Waals surface area contributed by atoms with Crippen LogP contribution in [0, 0.1) is 5.82 Å². The molecule has 20 heavy (non-hydrogen) atoms. The number of aliphatic hydroxyl groups is 1. The number of hydrogen-bond donors (Lipinski definition) is 2. The van der Waals surface area contributed by atoms with E-state index in [1.165, 1.54) is 12.1 Å².